The summed E-state index contributed by atoms with van der Waals surface area (Å²) >= 11 is 0. The van der Waals surface area contributed by atoms with Crippen molar-refractivity contribution in [3.8, 4) is 16.9 Å². The molecule has 19 heavy (non-hydrogen) atoms. The lowest BCUT2D eigenvalue weighted by atomic mass is 9.82. The summed E-state index contributed by atoms with van der Waals surface area (Å²) < 4.78 is 19.3. The molecule has 0 saturated carbocycles. The molecular weight excluding hydrogens is 239 g/mol. The van der Waals surface area contributed by atoms with E-state index in [1.807, 2.05) is 24.3 Å². The van der Waals surface area contributed by atoms with Crippen LogP contribution in [0.25, 0.3) is 11.1 Å². The maximum absolute atomic E-state index is 14.1. The van der Waals surface area contributed by atoms with Crippen LogP contribution in [0.2, 0.25) is 0 Å². The van der Waals surface area contributed by atoms with Crippen molar-refractivity contribution in [2.45, 2.75) is 26.2 Å². The van der Waals surface area contributed by atoms with E-state index >= 15 is 0 Å². The minimum Gasteiger partial charge on any atom is -0.497 e. The molecule has 0 radical (unpaired) electrons. The largest absolute Gasteiger partial charge is 0.497 e. The highest BCUT2D eigenvalue weighted by Crippen LogP contribution is 2.35. The van der Waals surface area contributed by atoms with Gasteiger partial charge in [0.15, 0.2) is 0 Å². The van der Waals surface area contributed by atoms with Gasteiger partial charge in [-0.15, -0.1) is 0 Å². The summed E-state index contributed by atoms with van der Waals surface area (Å²) in [5.41, 5.74) is 2.60. The molecule has 0 saturated heterocycles. The number of hydrogen-bond donors (Lipinski definition) is 0. The fraction of sp³-hybridized carbons (Fsp3) is 0.294. The van der Waals surface area contributed by atoms with Gasteiger partial charge in [0.25, 0.3) is 0 Å². The number of rotatable bonds is 2. The summed E-state index contributed by atoms with van der Waals surface area (Å²) in [4.78, 5) is 0. The van der Waals surface area contributed by atoms with E-state index in [4.69, 9.17) is 4.74 Å². The van der Waals surface area contributed by atoms with Gasteiger partial charge in [-0.1, -0.05) is 45.0 Å². The third kappa shape index (κ3) is 2.78. The Morgan fingerprint density at radius 3 is 2.26 bits per heavy atom. The zero-order valence-corrected chi connectivity index (χ0v) is 11.8. The van der Waals surface area contributed by atoms with Crippen LogP contribution in [0.4, 0.5) is 4.39 Å². The highest BCUT2D eigenvalue weighted by atomic mass is 19.1. The Hall–Kier alpha value is -1.83. The van der Waals surface area contributed by atoms with E-state index in [0.717, 1.165) is 11.1 Å². The Morgan fingerprint density at radius 2 is 1.63 bits per heavy atom. The lowest BCUT2D eigenvalue weighted by Crippen LogP contribution is -2.12. The molecule has 0 amide bonds. The molecule has 0 aliphatic heterocycles. The Bertz CT molecular complexity index is 582. The molecule has 2 heteroatoms. The number of ether oxygens (including phenoxy) is 1. The van der Waals surface area contributed by atoms with Crippen LogP contribution in [0.5, 0.6) is 5.75 Å². The van der Waals surface area contributed by atoms with Crippen molar-refractivity contribution < 1.29 is 9.13 Å². The minimum atomic E-state index is -0.225. The van der Waals surface area contributed by atoms with Crippen molar-refractivity contribution in [2.75, 3.05) is 7.11 Å². The minimum absolute atomic E-state index is 0.0356. The molecule has 0 atom stereocenters. The number of halogens is 1. The molecule has 0 aromatic heterocycles. The second-order valence-electron chi connectivity index (χ2n) is 5.64. The van der Waals surface area contributed by atoms with E-state index in [0.29, 0.717) is 11.3 Å². The van der Waals surface area contributed by atoms with Gasteiger partial charge in [0.2, 0.25) is 0 Å². The van der Waals surface area contributed by atoms with Crippen molar-refractivity contribution >= 4 is 0 Å². The Labute approximate surface area is 114 Å². The fourth-order valence-corrected chi connectivity index (χ4v) is 2.21. The Kier molecular flexibility index (Phi) is 3.61. The van der Waals surface area contributed by atoms with Crippen molar-refractivity contribution in [2.24, 2.45) is 0 Å². The van der Waals surface area contributed by atoms with Crippen LogP contribution < -0.4 is 4.74 Å². The number of benzene rings is 2. The maximum atomic E-state index is 14.1. The molecule has 100 valence electrons. The Morgan fingerprint density at radius 1 is 0.947 bits per heavy atom. The van der Waals surface area contributed by atoms with Gasteiger partial charge in [-0.2, -0.15) is 0 Å². The zero-order valence-electron chi connectivity index (χ0n) is 11.8. The lowest BCUT2D eigenvalue weighted by Gasteiger charge is -2.23. The van der Waals surface area contributed by atoms with Crippen molar-refractivity contribution in [1.82, 2.24) is 0 Å². The Balaban J connectivity index is 2.65. The molecule has 0 aliphatic rings. The quantitative estimate of drug-likeness (QED) is 0.752. The molecular formula is C17H19FO. The third-order valence-corrected chi connectivity index (χ3v) is 3.20. The molecule has 1 nitrogen and oxygen atoms in total. The molecule has 0 bridgehead atoms. The monoisotopic (exact) mass is 258 g/mol. The predicted octanol–water partition coefficient (Wildman–Crippen LogP) is 4.80. The maximum Gasteiger partial charge on any atom is 0.131 e. The second kappa shape index (κ2) is 5.04. The molecule has 0 fully saturated rings. The van der Waals surface area contributed by atoms with Gasteiger partial charge in [-0.3, -0.25) is 0 Å². The van der Waals surface area contributed by atoms with Gasteiger partial charge >= 0.3 is 0 Å². The highest BCUT2D eigenvalue weighted by molar-refractivity contribution is 5.70. The van der Waals surface area contributed by atoms with E-state index in [1.54, 1.807) is 19.2 Å². The molecule has 0 heterocycles. The van der Waals surface area contributed by atoms with Gasteiger partial charge in [-0.25, -0.2) is 4.39 Å². The summed E-state index contributed by atoms with van der Waals surface area (Å²) in [5, 5.41) is 0. The summed E-state index contributed by atoms with van der Waals surface area (Å²) in [6.45, 7) is 6.39. The zero-order chi connectivity index (χ0) is 14.0. The van der Waals surface area contributed by atoms with Gasteiger partial charge < -0.3 is 4.74 Å². The van der Waals surface area contributed by atoms with Crippen LogP contribution in [0.3, 0.4) is 0 Å². The standard InChI is InChI=1S/C17H19FO/c1-17(2,3)15-8-6-5-7-13(15)14-11-12(19-4)9-10-16(14)18/h5-11H,1-4H3. The molecule has 0 aliphatic carbocycles. The number of methoxy groups -OCH3 is 1. The van der Waals surface area contributed by atoms with E-state index in [-0.39, 0.29) is 11.2 Å². The van der Waals surface area contributed by atoms with Gasteiger partial charge in [0.05, 0.1) is 7.11 Å². The molecule has 2 aromatic rings. The van der Waals surface area contributed by atoms with Crippen LogP contribution in [0.1, 0.15) is 26.3 Å². The lowest BCUT2D eigenvalue weighted by molar-refractivity contribution is 0.414. The van der Waals surface area contributed by atoms with Crippen molar-refractivity contribution in [3.63, 3.8) is 0 Å². The molecule has 0 unspecified atom stereocenters. The van der Waals surface area contributed by atoms with Gasteiger partial charge in [-0.05, 0) is 34.7 Å². The summed E-state index contributed by atoms with van der Waals surface area (Å²) in [7, 11) is 1.59. The van der Waals surface area contributed by atoms with Crippen molar-refractivity contribution in [1.29, 1.82) is 0 Å². The average molecular weight is 258 g/mol. The normalized spacial score (nSPS) is 11.4. The van der Waals surface area contributed by atoms with E-state index in [1.165, 1.54) is 6.07 Å². The first-order valence-electron chi connectivity index (χ1n) is 6.37. The van der Waals surface area contributed by atoms with Crippen LogP contribution >= 0.6 is 0 Å². The van der Waals surface area contributed by atoms with Gasteiger partial charge in [0, 0.05) is 5.56 Å². The van der Waals surface area contributed by atoms with Gasteiger partial charge in [0.1, 0.15) is 11.6 Å². The average Bonchev–Trinajstić information content (AvgIpc) is 2.38. The van der Waals surface area contributed by atoms with Crippen LogP contribution in [0.15, 0.2) is 42.5 Å². The first-order chi connectivity index (χ1) is 8.93. The third-order valence-electron chi connectivity index (χ3n) is 3.20. The van der Waals surface area contributed by atoms with E-state index in [2.05, 4.69) is 20.8 Å². The number of hydrogen-bond acceptors (Lipinski definition) is 1. The first kappa shape index (κ1) is 13.6. The molecule has 2 rings (SSSR count). The smallest absolute Gasteiger partial charge is 0.131 e. The predicted molar refractivity (Wildman–Crippen MR) is 77.1 cm³/mol. The van der Waals surface area contributed by atoms with Crippen LogP contribution in [-0.4, -0.2) is 7.11 Å². The summed E-state index contributed by atoms with van der Waals surface area (Å²) in [5.74, 6) is 0.442. The van der Waals surface area contributed by atoms with Crippen LogP contribution in [0, 0.1) is 5.82 Å². The SMILES string of the molecule is COc1ccc(F)c(-c2ccccc2C(C)(C)C)c1. The van der Waals surface area contributed by atoms with E-state index < -0.39 is 0 Å². The van der Waals surface area contributed by atoms with E-state index in [9.17, 15) is 4.39 Å². The summed E-state index contributed by atoms with van der Waals surface area (Å²) in [6, 6.07) is 12.8. The fourth-order valence-electron chi connectivity index (χ4n) is 2.21. The molecule has 2 aromatic carbocycles. The first-order valence-corrected chi connectivity index (χ1v) is 6.37. The second-order valence-corrected chi connectivity index (χ2v) is 5.64. The summed E-state index contributed by atoms with van der Waals surface area (Å²) in [6.07, 6.45) is 0. The molecule has 0 N–H and O–H groups in total. The molecule has 0 spiro atoms. The van der Waals surface area contributed by atoms with Crippen molar-refractivity contribution in [3.05, 3.63) is 53.8 Å². The van der Waals surface area contributed by atoms with Crippen LogP contribution in [-0.2, 0) is 5.41 Å². The highest BCUT2D eigenvalue weighted by Gasteiger charge is 2.20. The topological polar surface area (TPSA) is 9.23 Å².